The Morgan fingerprint density at radius 2 is 2.07 bits per heavy atom. The van der Waals surface area contributed by atoms with Gasteiger partial charge in [0.25, 0.3) is 0 Å². The minimum absolute atomic E-state index is 0.543. The highest BCUT2D eigenvalue weighted by Gasteiger charge is 2.04. The van der Waals surface area contributed by atoms with Gasteiger partial charge in [-0.05, 0) is 12.1 Å². The van der Waals surface area contributed by atoms with E-state index >= 15 is 0 Å². The molecule has 0 radical (unpaired) electrons. The van der Waals surface area contributed by atoms with Crippen LogP contribution in [0.2, 0.25) is 5.02 Å². The van der Waals surface area contributed by atoms with Crippen molar-refractivity contribution >= 4 is 23.2 Å². The molecule has 0 fully saturated rings. The fourth-order valence-electron chi connectivity index (χ4n) is 1.27. The minimum atomic E-state index is 0.543. The molecule has 0 unspecified atom stereocenters. The number of halogens is 2. The van der Waals surface area contributed by atoms with Gasteiger partial charge in [-0.2, -0.15) is 0 Å². The monoisotopic (exact) mass is 241 g/mol. The highest BCUT2D eigenvalue weighted by molar-refractivity contribution is 6.32. The van der Waals surface area contributed by atoms with E-state index in [0.29, 0.717) is 17.3 Å². The molecule has 15 heavy (non-hydrogen) atoms. The maximum absolute atomic E-state index is 6.03. The van der Waals surface area contributed by atoms with E-state index in [9.17, 15) is 0 Å². The van der Waals surface area contributed by atoms with Crippen LogP contribution < -0.4 is 0 Å². The number of benzene rings is 1. The molecule has 0 bridgehead atoms. The van der Waals surface area contributed by atoms with Crippen LogP contribution in [0.15, 0.2) is 30.5 Å². The predicted octanol–water partition coefficient (Wildman–Crippen LogP) is 2.70. The lowest BCUT2D eigenvalue weighted by molar-refractivity contribution is 0.798. The van der Waals surface area contributed by atoms with Crippen LogP contribution in [0.5, 0.6) is 0 Å². The molecule has 1 aromatic carbocycles. The third-order valence-corrected chi connectivity index (χ3v) is 2.50. The average molecular weight is 242 g/mol. The van der Waals surface area contributed by atoms with E-state index in [4.69, 9.17) is 23.2 Å². The molecule has 1 heterocycles. The van der Waals surface area contributed by atoms with E-state index < -0.39 is 0 Å². The van der Waals surface area contributed by atoms with Gasteiger partial charge in [-0.1, -0.05) is 28.9 Å². The molecule has 0 amide bonds. The highest BCUT2D eigenvalue weighted by atomic mass is 35.5. The number of aromatic nitrogens is 3. The molecule has 1 aromatic heterocycles. The lowest BCUT2D eigenvalue weighted by Crippen LogP contribution is -1.95. The second-order valence-corrected chi connectivity index (χ2v) is 3.83. The van der Waals surface area contributed by atoms with Crippen LogP contribution >= 0.6 is 23.2 Å². The van der Waals surface area contributed by atoms with Crippen LogP contribution in [-0.2, 0) is 6.42 Å². The predicted molar refractivity (Wildman–Crippen MR) is 60.8 cm³/mol. The van der Waals surface area contributed by atoms with Crippen LogP contribution in [0, 0.1) is 0 Å². The van der Waals surface area contributed by atoms with Gasteiger partial charge < -0.3 is 0 Å². The summed E-state index contributed by atoms with van der Waals surface area (Å²) in [5.74, 6) is 0.543. The maximum atomic E-state index is 6.03. The van der Waals surface area contributed by atoms with Gasteiger partial charge >= 0.3 is 0 Å². The van der Waals surface area contributed by atoms with Crippen LogP contribution in [0.25, 0.3) is 5.69 Å². The van der Waals surface area contributed by atoms with E-state index in [1.165, 1.54) is 0 Å². The largest absolute Gasteiger partial charge is 0.219 e. The first-order valence-corrected chi connectivity index (χ1v) is 5.44. The first-order chi connectivity index (χ1) is 7.31. The SMILES string of the molecule is ClCCc1cn(-c2ccccc2Cl)nn1. The molecule has 5 heteroatoms. The van der Waals surface area contributed by atoms with Gasteiger partial charge in [-0.25, -0.2) is 4.68 Å². The van der Waals surface area contributed by atoms with Crippen molar-refractivity contribution in [3.63, 3.8) is 0 Å². The molecule has 0 aliphatic heterocycles. The van der Waals surface area contributed by atoms with Crippen molar-refractivity contribution in [1.29, 1.82) is 0 Å². The van der Waals surface area contributed by atoms with Crippen molar-refractivity contribution in [3.05, 3.63) is 41.2 Å². The number of nitrogens with zero attached hydrogens (tertiary/aromatic N) is 3. The number of hydrogen-bond donors (Lipinski definition) is 0. The molecule has 0 atom stereocenters. The van der Waals surface area contributed by atoms with E-state index in [2.05, 4.69) is 10.3 Å². The van der Waals surface area contributed by atoms with Crippen LogP contribution in [-0.4, -0.2) is 20.9 Å². The van der Waals surface area contributed by atoms with Gasteiger partial charge in [0.2, 0.25) is 0 Å². The number of rotatable bonds is 3. The fraction of sp³-hybridized carbons (Fsp3) is 0.200. The van der Waals surface area contributed by atoms with Crippen molar-refractivity contribution in [1.82, 2.24) is 15.0 Å². The van der Waals surface area contributed by atoms with Gasteiger partial charge in [0.15, 0.2) is 0 Å². The second-order valence-electron chi connectivity index (χ2n) is 3.04. The summed E-state index contributed by atoms with van der Waals surface area (Å²) in [5, 5.41) is 8.64. The van der Waals surface area contributed by atoms with Crippen molar-refractivity contribution < 1.29 is 0 Å². The molecular weight excluding hydrogens is 233 g/mol. The summed E-state index contributed by atoms with van der Waals surface area (Å²) in [6.07, 6.45) is 2.55. The normalized spacial score (nSPS) is 10.5. The van der Waals surface area contributed by atoms with Gasteiger partial charge in [0.1, 0.15) is 0 Å². The van der Waals surface area contributed by atoms with Crippen molar-refractivity contribution in [2.75, 3.05) is 5.88 Å². The molecule has 78 valence electrons. The molecule has 0 N–H and O–H groups in total. The van der Waals surface area contributed by atoms with Crippen molar-refractivity contribution in [3.8, 4) is 5.69 Å². The van der Waals surface area contributed by atoms with Gasteiger partial charge in [0.05, 0.1) is 22.6 Å². The Hall–Kier alpha value is -1.06. The molecule has 2 rings (SSSR count). The standard InChI is InChI=1S/C10H9Cl2N3/c11-6-5-8-7-15(14-13-8)10-4-2-1-3-9(10)12/h1-4,7H,5-6H2. The molecule has 2 aromatic rings. The van der Waals surface area contributed by atoms with Gasteiger partial charge in [-0.3, -0.25) is 0 Å². The van der Waals surface area contributed by atoms with Gasteiger partial charge in [0, 0.05) is 12.3 Å². The van der Waals surface area contributed by atoms with E-state index in [-0.39, 0.29) is 0 Å². The quantitative estimate of drug-likeness (QED) is 0.774. The number of aryl methyl sites for hydroxylation is 1. The summed E-state index contributed by atoms with van der Waals surface area (Å²) in [5.41, 5.74) is 1.69. The zero-order valence-electron chi connectivity index (χ0n) is 7.90. The summed E-state index contributed by atoms with van der Waals surface area (Å²) >= 11 is 11.6. The third-order valence-electron chi connectivity index (χ3n) is 1.99. The minimum Gasteiger partial charge on any atom is -0.219 e. The smallest absolute Gasteiger partial charge is 0.0849 e. The molecular formula is C10H9Cl2N3. The molecule has 0 aliphatic carbocycles. The Morgan fingerprint density at radius 3 is 2.80 bits per heavy atom. The first-order valence-electron chi connectivity index (χ1n) is 4.53. The Morgan fingerprint density at radius 1 is 1.27 bits per heavy atom. The van der Waals surface area contributed by atoms with Crippen LogP contribution in [0.3, 0.4) is 0 Å². The number of para-hydroxylation sites is 1. The summed E-state index contributed by atoms with van der Waals surface area (Å²) in [6, 6.07) is 7.49. The summed E-state index contributed by atoms with van der Waals surface area (Å²) in [6.45, 7) is 0. The Balaban J connectivity index is 2.33. The topological polar surface area (TPSA) is 30.7 Å². The Labute approximate surface area is 97.6 Å². The first kappa shape index (κ1) is 10.5. The van der Waals surface area contributed by atoms with E-state index in [1.54, 1.807) is 4.68 Å². The van der Waals surface area contributed by atoms with Crippen molar-refractivity contribution in [2.45, 2.75) is 6.42 Å². The average Bonchev–Trinajstić information content (AvgIpc) is 2.68. The number of hydrogen-bond acceptors (Lipinski definition) is 2. The zero-order valence-corrected chi connectivity index (χ0v) is 9.41. The second kappa shape index (κ2) is 4.64. The lowest BCUT2D eigenvalue weighted by Gasteiger charge is -2.01. The molecule has 0 saturated carbocycles. The van der Waals surface area contributed by atoms with Crippen LogP contribution in [0.1, 0.15) is 5.69 Å². The zero-order chi connectivity index (χ0) is 10.7. The van der Waals surface area contributed by atoms with E-state index in [0.717, 1.165) is 11.4 Å². The molecule has 0 spiro atoms. The Kier molecular flexibility index (Phi) is 3.23. The summed E-state index contributed by atoms with van der Waals surface area (Å²) in [7, 11) is 0. The third kappa shape index (κ3) is 2.30. The molecule has 3 nitrogen and oxygen atoms in total. The molecule has 0 aliphatic rings. The molecule has 0 saturated heterocycles. The van der Waals surface area contributed by atoms with E-state index in [1.807, 2.05) is 30.5 Å². The number of alkyl halides is 1. The Bertz CT molecular complexity index is 453. The van der Waals surface area contributed by atoms with Crippen molar-refractivity contribution in [2.24, 2.45) is 0 Å². The maximum Gasteiger partial charge on any atom is 0.0849 e. The lowest BCUT2D eigenvalue weighted by atomic mass is 10.3. The van der Waals surface area contributed by atoms with Crippen LogP contribution in [0.4, 0.5) is 0 Å². The summed E-state index contributed by atoms with van der Waals surface area (Å²) in [4.78, 5) is 0. The highest BCUT2D eigenvalue weighted by Crippen LogP contribution is 2.18. The van der Waals surface area contributed by atoms with Gasteiger partial charge in [-0.15, -0.1) is 16.7 Å². The fourth-order valence-corrected chi connectivity index (χ4v) is 1.68. The summed E-state index contributed by atoms with van der Waals surface area (Å²) < 4.78 is 1.66.